The third-order valence-corrected chi connectivity index (χ3v) is 4.32. The number of methoxy groups -OCH3 is 1. The molecule has 1 amide bonds. The number of aromatic nitrogens is 2. The molecule has 0 saturated carbocycles. The lowest BCUT2D eigenvalue weighted by Crippen LogP contribution is -2.42. The zero-order valence-electron chi connectivity index (χ0n) is 16.4. The van der Waals surface area contributed by atoms with Crippen molar-refractivity contribution in [2.75, 3.05) is 7.11 Å². The van der Waals surface area contributed by atoms with Crippen molar-refractivity contribution in [3.8, 4) is 11.4 Å². The number of benzene rings is 2. The molecule has 0 fully saturated rings. The highest BCUT2D eigenvalue weighted by Gasteiger charge is 2.22. The third kappa shape index (κ3) is 5.68. The van der Waals surface area contributed by atoms with Crippen molar-refractivity contribution in [1.29, 1.82) is 0 Å². The number of esters is 1. The highest BCUT2D eigenvalue weighted by Crippen LogP contribution is 2.15. The molecule has 7 nitrogen and oxygen atoms in total. The average Bonchev–Trinajstić information content (AvgIpc) is 3.26. The maximum absolute atomic E-state index is 12.6. The number of nitrogens with one attached hydrogen (secondary N) is 1. The van der Waals surface area contributed by atoms with Crippen molar-refractivity contribution in [3.63, 3.8) is 0 Å². The second-order valence-corrected chi connectivity index (χ2v) is 6.53. The van der Waals surface area contributed by atoms with Crippen molar-refractivity contribution < 1.29 is 19.1 Å². The molecule has 0 radical (unpaired) electrons. The standard InChI is InChI=1S/C22H23N3O4/c1-16(26)24-21(14-18-5-3-6-20(13-18)28-2)22(27)29-15-17-7-9-19(10-8-17)25-12-4-11-23-25/h3-13,21H,14-15H2,1-2H3,(H,24,26). The van der Waals surface area contributed by atoms with Crippen molar-refractivity contribution in [2.24, 2.45) is 0 Å². The first-order valence-corrected chi connectivity index (χ1v) is 9.21. The molecule has 0 spiro atoms. The zero-order chi connectivity index (χ0) is 20.6. The van der Waals surface area contributed by atoms with Gasteiger partial charge in [0, 0.05) is 25.7 Å². The molecule has 1 atom stereocenters. The van der Waals surface area contributed by atoms with Crippen molar-refractivity contribution in [2.45, 2.75) is 26.0 Å². The van der Waals surface area contributed by atoms with E-state index in [1.54, 1.807) is 18.0 Å². The summed E-state index contributed by atoms with van der Waals surface area (Å²) in [5, 5.41) is 6.84. The molecule has 2 aromatic carbocycles. The van der Waals surface area contributed by atoms with Gasteiger partial charge in [-0.15, -0.1) is 0 Å². The molecule has 150 valence electrons. The van der Waals surface area contributed by atoms with E-state index in [1.807, 2.05) is 60.8 Å². The molecule has 7 heteroatoms. The summed E-state index contributed by atoms with van der Waals surface area (Å²) in [5.74, 6) is -0.0905. The number of hydrogen-bond donors (Lipinski definition) is 1. The van der Waals surface area contributed by atoms with Crippen molar-refractivity contribution in [1.82, 2.24) is 15.1 Å². The number of rotatable bonds is 8. The molecule has 1 aromatic heterocycles. The smallest absolute Gasteiger partial charge is 0.329 e. The summed E-state index contributed by atoms with van der Waals surface area (Å²) in [5.41, 5.74) is 2.63. The van der Waals surface area contributed by atoms with Gasteiger partial charge in [0.05, 0.1) is 12.8 Å². The fourth-order valence-corrected chi connectivity index (χ4v) is 2.90. The third-order valence-electron chi connectivity index (χ3n) is 4.32. The minimum absolute atomic E-state index is 0.117. The predicted molar refractivity (Wildman–Crippen MR) is 108 cm³/mol. The summed E-state index contributed by atoms with van der Waals surface area (Å²) in [6.45, 7) is 1.49. The number of carbonyl (C=O) groups excluding carboxylic acids is 2. The largest absolute Gasteiger partial charge is 0.497 e. The molecule has 0 aliphatic heterocycles. The van der Waals surface area contributed by atoms with Crippen LogP contribution in [0.2, 0.25) is 0 Å². The molecule has 0 saturated heterocycles. The first-order chi connectivity index (χ1) is 14.0. The molecule has 0 aliphatic carbocycles. The molecule has 1 heterocycles. The Hall–Kier alpha value is -3.61. The Morgan fingerprint density at radius 1 is 1.10 bits per heavy atom. The van der Waals surface area contributed by atoms with Crippen LogP contribution in [0.3, 0.4) is 0 Å². The topological polar surface area (TPSA) is 82.5 Å². The molecule has 1 unspecified atom stereocenters. The minimum Gasteiger partial charge on any atom is -0.497 e. The molecule has 3 aromatic rings. The number of carbonyl (C=O) groups is 2. The first-order valence-electron chi connectivity index (χ1n) is 9.21. The van der Waals surface area contributed by atoms with E-state index < -0.39 is 12.0 Å². The van der Waals surface area contributed by atoms with Gasteiger partial charge in [-0.2, -0.15) is 5.10 Å². The van der Waals surface area contributed by atoms with Gasteiger partial charge < -0.3 is 14.8 Å². The molecular formula is C22H23N3O4. The predicted octanol–water partition coefficient (Wildman–Crippen LogP) is 2.67. The molecular weight excluding hydrogens is 370 g/mol. The maximum atomic E-state index is 12.6. The Labute approximate surface area is 169 Å². The second kappa shape index (κ2) is 9.54. The zero-order valence-corrected chi connectivity index (χ0v) is 16.4. The van der Waals surface area contributed by atoms with E-state index in [0.29, 0.717) is 12.2 Å². The lowest BCUT2D eigenvalue weighted by Gasteiger charge is -2.17. The summed E-state index contributed by atoms with van der Waals surface area (Å²) >= 11 is 0. The van der Waals surface area contributed by atoms with Crippen LogP contribution < -0.4 is 10.1 Å². The van der Waals surface area contributed by atoms with Gasteiger partial charge in [0.1, 0.15) is 18.4 Å². The van der Waals surface area contributed by atoms with E-state index in [9.17, 15) is 9.59 Å². The van der Waals surface area contributed by atoms with E-state index in [0.717, 1.165) is 16.8 Å². The Morgan fingerprint density at radius 2 is 1.90 bits per heavy atom. The quantitative estimate of drug-likeness (QED) is 0.595. The van der Waals surface area contributed by atoms with Gasteiger partial charge in [-0.1, -0.05) is 24.3 Å². The van der Waals surface area contributed by atoms with Gasteiger partial charge in [0.25, 0.3) is 0 Å². The van der Waals surface area contributed by atoms with Crippen LogP contribution in [-0.4, -0.2) is 34.8 Å². The molecule has 0 aliphatic rings. The van der Waals surface area contributed by atoms with Crippen LogP contribution in [-0.2, 0) is 27.4 Å². The molecule has 1 N–H and O–H groups in total. The molecule has 0 bridgehead atoms. The number of amides is 1. The summed E-state index contributed by atoms with van der Waals surface area (Å²) in [7, 11) is 1.58. The minimum atomic E-state index is -0.775. The SMILES string of the molecule is COc1cccc(CC(NC(C)=O)C(=O)OCc2ccc(-n3cccn3)cc2)c1. The Bertz CT molecular complexity index is 952. The van der Waals surface area contributed by atoms with Gasteiger partial charge in [0.15, 0.2) is 0 Å². The van der Waals surface area contributed by atoms with Crippen LogP contribution in [0.1, 0.15) is 18.1 Å². The van der Waals surface area contributed by atoms with E-state index in [2.05, 4.69) is 10.4 Å². The lowest BCUT2D eigenvalue weighted by atomic mass is 10.1. The van der Waals surface area contributed by atoms with E-state index in [-0.39, 0.29) is 12.5 Å². The van der Waals surface area contributed by atoms with Crippen LogP contribution in [0.15, 0.2) is 67.0 Å². The van der Waals surface area contributed by atoms with Crippen LogP contribution in [0, 0.1) is 0 Å². The van der Waals surface area contributed by atoms with Crippen LogP contribution in [0.4, 0.5) is 0 Å². The molecule has 3 rings (SSSR count). The van der Waals surface area contributed by atoms with Crippen molar-refractivity contribution in [3.05, 3.63) is 78.1 Å². The van der Waals surface area contributed by atoms with Gasteiger partial charge in [-0.25, -0.2) is 9.48 Å². The monoisotopic (exact) mass is 393 g/mol. The Morgan fingerprint density at radius 3 is 2.55 bits per heavy atom. The van der Waals surface area contributed by atoms with E-state index >= 15 is 0 Å². The van der Waals surface area contributed by atoms with Crippen LogP contribution in [0.25, 0.3) is 5.69 Å². The van der Waals surface area contributed by atoms with E-state index in [4.69, 9.17) is 9.47 Å². The van der Waals surface area contributed by atoms with Crippen LogP contribution in [0.5, 0.6) is 5.75 Å². The van der Waals surface area contributed by atoms with Crippen molar-refractivity contribution >= 4 is 11.9 Å². The number of ether oxygens (including phenoxy) is 2. The summed E-state index contributed by atoms with van der Waals surface area (Å²) < 4.78 is 12.4. The van der Waals surface area contributed by atoms with Gasteiger partial charge >= 0.3 is 5.97 Å². The Kier molecular flexibility index (Phi) is 6.63. The summed E-state index contributed by atoms with van der Waals surface area (Å²) in [4.78, 5) is 24.1. The maximum Gasteiger partial charge on any atom is 0.329 e. The van der Waals surface area contributed by atoms with Gasteiger partial charge in [-0.05, 0) is 41.5 Å². The highest BCUT2D eigenvalue weighted by molar-refractivity contribution is 5.83. The lowest BCUT2D eigenvalue weighted by molar-refractivity contribution is -0.149. The molecule has 29 heavy (non-hydrogen) atoms. The van der Waals surface area contributed by atoms with E-state index in [1.165, 1.54) is 6.92 Å². The average molecular weight is 393 g/mol. The van der Waals surface area contributed by atoms with Gasteiger partial charge in [-0.3, -0.25) is 4.79 Å². The van der Waals surface area contributed by atoms with Gasteiger partial charge in [0.2, 0.25) is 5.91 Å². The summed E-state index contributed by atoms with van der Waals surface area (Å²) in [6, 6.07) is 16.0. The fraction of sp³-hybridized carbons (Fsp3) is 0.227. The second-order valence-electron chi connectivity index (χ2n) is 6.53. The Balaban J connectivity index is 1.62. The number of nitrogens with zero attached hydrogens (tertiary/aromatic N) is 2. The highest BCUT2D eigenvalue weighted by atomic mass is 16.5. The fourth-order valence-electron chi connectivity index (χ4n) is 2.90. The van der Waals surface area contributed by atoms with Crippen LogP contribution >= 0.6 is 0 Å². The normalized spacial score (nSPS) is 11.5. The first kappa shape index (κ1) is 20.1. The number of hydrogen-bond acceptors (Lipinski definition) is 5. The summed E-state index contributed by atoms with van der Waals surface area (Å²) in [6.07, 6.45) is 3.87.